The molecule has 2 aliphatic heterocycles. The second-order valence-corrected chi connectivity index (χ2v) is 9.35. The molecule has 5 rings (SSSR count). The molecule has 0 spiro atoms. The second-order valence-electron chi connectivity index (χ2n) is 9.35. The molecule has 3 heterocycles. The van der Waals surface area contributed by atoms with Gasteiger partial charge in [0, 0.05) is 31.1 Å². The van der Waals surface area contributed by atoms with E-state index in [0.29, 0.717) is 31.6 Å². The molecule has 2 aliphatic rings. The lowest BCUT2D eigenvalue weighted by molar-refractivity contribution is -0.140. The molecule has 1 aromatic heterocycles. The van der Waals surface area contributed by atoms with Gasteiger partial charge < -0.3 is 9.80 Å². The number of rotatable bonds is 3. The number of aromatic nitrogens is 1. The number of hydrogen-bond donors (Lipinski definition) is 0. The summed E-state index contributed by atoms with van der Waals surface area (Å²) in [5, 5.41) is 1.84. The molecule has 0 saturated carbocycles. The fraction of sp³-hybridized carbons (Fsp3) is 0.370. The molecule has 0 bridgehead atoms. The molecule has 2 aromatic carbocycles. The Bertz CT molecular complexity index is 1190. The van der Waals surface area contributed by atoms with Crippen LogP contribution in [0.3, 0.4) is 0 Å². The summed E-state index contributed by atoms with van der Waals surface area (Å²) in [6.45, 7) is 3.10. The molecule has 5 nitrogen and oxygen atoms in total. The zero-order chi connectivity index (χ0) is 23.0. The number of carbonyl (C=O) groups excluding carboxylic acids is 2. The van der Waals surface area contributed by atoms with Crippen molar-refractivity contribution >= 4 is 22.6 Å². The Morgan fingerprint density at radius 1 is 1.12 bits per heavy atom. The average Bonchev–Trinajstić information content (AvgIpc) is 3.16. The van der Waals surface area contributed by atoms with Crippen LogP contribution in [0.4, 0.5) is 4.39 Å². The van der Waals surface area contributed by atoms with Crippen molar-refractivity contribution in [2.75, 3.05) is 6.54 Å². The van der Waals surface area contributed by atoms with Crippen LogP contribution < -0.4 is 0 Å². The second kappa shape index (κ2) is 8.58. The average molecular weight is 446 g/mol. The molecule has 2 atom stereocenters. The van der Waals surface area contributed by atoms with Gasteiger partial charge in [-0.25, -0.2) is 4.39 Å². The molecule has 2 fully saturated rings. The number of pyridine rings is 1. The number of benzene rings is 2. The van der Waals surface area contributed by atoms with Gasteiger partial charge in [0.05, 0.1) is 11.6 Å². The number of hydrogen-bond acceptors (Lipinski definition) is 3. The Hall–Kier alpha value is -3.28. The fourth-order valence-corrected chi connectivity index (χ4v) is 5.53. The summed E-state index contributed by atoms with van der Waals surface area (Å²) in [7, 11) is 0. The van der Waals surface area contributed by atoms with Crippen molar-refractivity contribution in [1.82, 2.24) is 14.8 Å². The zero-order valence-corrected chi connectivity index (χ0v) is 18.8. The fourth-order valence-electron chi connectivity index (χ4n) is 5.53. The van der Waals surface area contributed by atoms with Crippen molar-refractivity contribution < 1.29 is 14.0 Å². The van der Waals surface area contributed by atoms with Crippen LogP contribution in [0.2, 0.25) is 0 Å². The first-order valence-electron chi connectivity index (χ1n) is 11.7. The number of carbonyl (C=O) groups is 2. The van der Waals surface area contributed by atoms with Gasteiger partial charge in [-0.1, -0.05) is 42.8 Å². The molecule has 33 heavy (non-hydrogen) atoms. The van der Waals surface area contributed by atoms with Crippen LogP contribution >= 0.6 is 0 Å². The minimum absolute atomic E-state index is 0.0738. The van der Waals surface area contributed by atoms with Crippen molar-refractivity contribution in [3.63, 3.8) is 0 Å². The molecule has 0 N–H and O–H groups in total. The summed E-state index contributed by atoms with van der Waals surface area (Å²) in [5.74, 6) is -0.263. The van der Waals surface area contributed by atoms with Crippen molar-refractivity contribution in [2.24, 2.45) is 0 Å². The van der Waals surface area contributed by atoms with Gasteiger partial charge in [0.25, 0.3) is 5.91 Å². The minimum atomic E-state index is -0.480. The van der Waals surface area contributed by atoms with Gasteiger partial charge >= 0.3 is 0 Å². The number of amides is 2. The topological polar surface area (TPSA) is 53.5 Å². The van der Waals surface area contributed by atoms with Crippen molar-refractivity contribution in [3.8, 4) is 0 Å². The molecular formula is C27H28FN3O2. The standard InChI is InChI=1S/C27H28FN3O2/c1-27-15-17-30(26(33)25-22-7-3-2-6-20(22)14-16-29-25)23(27)8-4-5-9-24(32)31(27)18-19-10-12-21(28)13-11-19/h2-3,6-7,10-14,16,23H,4-5,8-9,15,17-18H2,1H3/t23-,27-/m1/s1. The summed E-state index contributed by atoms with van der Waals surface area (Å²) in [6.07, 6.45) is 5.46. The van der Waals surface area contributed by atoms with Crippen LogP contribution in [0.15, 0.2) is 60.8 Å². The van der Waals surface area contributed by atoms with E-state index in [0.717, 1.165) is 35.6 Å². The minimum Gasteiger partial charge on any atom is -0.332 e. The lowest BCUT2D eigenvalue weighted by Crippen LogP contribution is -2.58. The molecule has 3 aromatic rings. The smallest absolute Gasteiger partial charge is 0.273 e. The van der Waals surface area contributed by atoms with E-state index in [9.17, 15) is 14.0 Å². The number of fused-ring (bicyclic) bond motifs is 2. The largest absolute Gasteiger partial charge is 0.332 e. The highest BCUT2D eigenvalue weighted by molar-refractivity contribution is 6.05. The highest BCUT2D eigenvalue weighted by Gasteiger charge is 2.51. The first-order chi connectivity index (χ1) is 16.0. The van der Waals surface area contributed by atoms with E-state index in [1.165, 1.54) is 12.1 Å². The van der Waals surface area contributed by atoms with E-state index in [1.807, 2.05) is 40.1 Å². The summed E-state index contributed by atoms with van der Waals surface area (Å²) >= 11 is 0. The summed E-state index contributed by atoms with van der Waals surface area (Å²) in [5.41, 5.74) is 0.883. The molecule has 0 unspecified atom stereocenters. The van der Waals surface area contributed by atoms with Gasteiger partial charge in [-0.05, 0) is 55.3 Å². The molecule has 0 aliphatic carbocycles. The van der Waals surface area contributed by atoms with E-state index in [-0.39, 0.29) is 23.7 Å². The molecule has 6 heteroatoms. The first kappa shape index (κ1) is 21.6. The highest BCUT2D eigenvalue weighted by Crippen LogP contribution is 2.40. The summed E-state index contributed by atoms with van der Waals surface area (Å²) in [4.78, 5) is 35.3. The number of nitrogens with zero attached hydrogens (tertiary/aromatic N) is 3. The molecule has 2 amide bonds. The van der Waals surface area contributed by atoms with Crippen LogP contribution in [-0.4, -0.2) is 44.7 Å². The Kier molecular flexibility index (Phi) is 5.60. The Morgan fingerprint density at radius 3 is 2.73 bits per heavy atom. The maximum Gasteiger partial charge on any atom is 0.273 e. The summed E-state index contributed by atoms with van der Waals surface area (Å²) < 4.78 is 13.4. The molecule has 0 radical (unpaired) electrons. The van der Waals surface area contributed by atoms with Gasteiger partial charge in [0.2, 0.25) is 5.91 Å². The van der Waals surface area contributed by atoms with Crippen LogP contribution in [0, 0.1) is 5.82 Å². The van der Waals surface area contributed by atoms with Crippen LogP contribution in [0.1, 0.15) is 55.1 Å². The van der Waals surface area contributed by atoms with Crippen molar-refractivity contribution in [2.45, 2.75) is 57.2 Å². The van der Waals surface area contributed by atoms with Gasteiger partial charge in [-0.2, -0.15) is 0 Å². The van der Waals surface area contributed by atoms with Gasteiger partial charge in [0.1, 0.15) is 11.5 Å². The van der Waals surface area contributed by atoms with E-state index < -0.39 is 5.54 Å². The van der Waals surface area contributed by atoms with E-state index in [4.69, 9.17) is 0 Å². The SMILES string of the molecule is C[C@@]12CCN(C(=O)c3nccc4ccccc34)[C@@H]1CCCCC(=O)N2Cc1ccc(F)cc1. The number of likely N-dealkylation sites (tertiary alicyclic amines) is 2. The normalized spacial score (nSPS) is 23.3. The Morgan fingerprint density at radius 2 is 1.91 bits per heavy atom. The molecule has 170 valence electrons. The monoisotopic (exact) mass is 445 g/mol. The van der Waals surface area contributed by atoms with Crippen LogP contribution in [-0.2, 0) is 11.3 Å². The van der Waals surface area contributed by atoms with E-state index in [2.05, 4.69) is 11.9 Å². The van der Waals surface area contributed by atoms with E-state index >= 15 is 0 Å². The number of halogens is 1. The lowest BCUT2D eigenvalue weighted by Gasteiger charge is -2.45. The maximum absolute atomic E-state index is 13.8. The molecule has 2 saturated heterocycles. The predicted octanol–water partition coefficient (Wildman–Crippen LogP) is 4.95. The lowest BCUT2D eigenvalue weighted by atomic mass is 9.84. The quantitative estimate of drug-likeness (QED) is 0.573. The third-order valence-corrected chi connectivity index (χ3v) is 7.38. The van der Waals surface area contributed by atoms with Gasteiger partial charge in [0.15, 0.2) is 0 Å². The third kappa shape index (κ3) is 3.88. The van der Waals surface area contributed by atoms with Crippen molar-refractivity contribution in [1.29, 1.82) is 0 Å². The Labute approximate surface area is 193 Å². The Balaban J connectivity index is 1.49. The first-order valence-corrected chi connectivity index (χ1v) is 11.7. The van der Waals surface area contributed by atoms with Crippen molar-refractivity contribution in [3.05, 3.63) is 77.9 Å². The van der Waals surface area contributed by atoms with Gasteiger partial charge in [-0.15, -0.1) is 0 Å². The maximum atomic E-state index is 13.8. The summed E-state index contributed by atoms with van der Waals surface area (Å²) in [6, 6.07) is 16.0. The molecular weight excluding hydrogens is 417 g/mol. The van der Waals surface area contributed by atoms with Crippen LogP contribution in [0.25, 0.3) is 10.8 Å². The van der Waals surface area contributed by atoms with Crippen LogP contribution in [0.5, 0.6) is 0 Å². The van der Waals surface area contributed by atoms with E-state index in [1.54, 1.807) is 18.3 Å². The predicted molar refractivity (Wildman–Crippen MR) is 125 cm³/mol. The zero-order valence-electron chi connectivity index (χ0n) is 18.8. The third-order valence-electron chi connectivity index (χ3n) is 7.38. The highest BCUT2D eigenvalue weighted by atomic mass is 19.1. The van der Waals surface area contributed by atoms with Gasteiger partial charge in [-0.3, -0.25) is 14.6 Å².